The van der Waals surface area contributed by atoms with E-state index in [1.165, 1.54) is 6.20 Å². The average molecular weight is 278 g/mol. The number of carbonyl (C=O) groups excluding carboxylic acids is 1. The van der Waals surface area contributed by atoms with Crippen LogP contribution in [0.2, 0.25) is 0 Å². The van der Waals surface area contributed by atoms with Gasteiger partial charge in [-0.05, 0) is 38.3 Å². The van der Waals surface area contributed by atoms with Crippen molar-refractivity contribution in [2.24, 2.45) is 5.92 Å². The smallest absolute Gasteiger partial charge is 0.339 e. The Hall–Kier alpha value is -2.11. The van der Waals surface area contributed by atoms with Crippen molar-refractivity contribution in [1.82, 2.24) is 4.98 Å². The monoisotopic (exact) mass is 278 g/mol. The molecule has 1 aromatic heterocycles. The van der Waals surface area contributed by atoms with Gasteiger partial charge in [-0.25, -0.2) is 9.78 Å². The summed E-state index contributed by atoms with van der Waals surface area (Å²) in [7, 11) is 0. The van der Waals surface area contributed by atoms with Gasteiger partial charge in [-0.2, -0.15) is 0 Å². The Kier molecular flexibility index (Phi) is 4.55. The average Bonchev–Trinajstić information content (AvgIpc) is 2.88. The van der Waals surface area contributed by atoms with E-state index in [0.29, 0.717) is 30.8 Å². The van der Waals surface area contributed by atoms with Crippen LogP contribution in [0.1, 0.15) is 36.5 Å². The Labute approximate surface area is 117 Å². The van der Waals surface area contributed by atoms with E-state index in [0.717, 1.165) is 6.42 Å². The van der Waals surface area contributed by atoms with Crippen LogP contribution in [0.5, 0.6) is 0 Å². The molecule has 108 valence electrons. The summed E-state index contributed by atoms with van der Waals surface area (Å²) in [5.41, 5.74) is 0.409. The normalized spacial score (nSPS) is 21.4. The first kappa shape index (κ1) is 14.3. The first-order valence-electron chi connectivity index (χ1n) is 6.72. The fraction of sp³-hybridized carbons (Fsp3) is 0.500. The molecule has 1 aliphatic carbocycles. The number of esters is 1. The second-order valence-corrected chi connectivity index (χ2v) is 4.84. The second kappa shape index (κ2) is 6.36. The molecule has 0 aliphatic heterocycles. The van der Waals surface area contributed by atoms with Gasteiger partial charge in [-0.15, -0.1) is 0 Å². The van der Waals surface area contributed by atoms with Gasteiger partial charge in [0, 0.05) is 12.2 Å². The number of aromatic nitrogens is 1. The third-order valence-corrected chi connectivity index (χ3v) is 3.41. The summed E-state index contributed by atoms with van der Waals surface area (Å²) in [4.78, 5) is 26.5. The topological polar surface area (TPSA) is 88.5 Å². The molecule has 0 unspecified atom stereocenters. The Balaban J connectivity index is 1.91. The van der Waals surface area contributed by atoms with Crippen molar-refractivity contribution in [3.63, 3.8) is 0 Å². The van der Waals surface area contributed by atoms with Crippen LogP contribution < -0.4 is 5.32 Å². The van der Waals surface area contributed by atoms with E-state index in [2.05, 4.69) is 10.3 Å². The van der Waals surface area contributed by atoms with Crippen LogP contribution in [0, 0.1) is 5.92 Å². The standard InChI is InChI=1S/C14H18N2O4/c1-2-20-14(19)10-4-6-12(15-8-10)16-11-5-3-9(7-11)13(17)18/h4,6,8-9,11H,2-3,5,7H2,1H3,(H,15,16)(H,17,18)/t9-,11+/m1/s1. The SMILES string of the molecule is CCOC(=O)c1ccc(N[C@H]2CC[C@@H](C(=O)O)C2)nc1. The van der Waals surface area contributed by atoms with E-state index in [-0.39, 0.29) is 12.0 Å². The number of carbonyl (C=O) groups is 2. The number of carboxylic acid groups (broad SMARTS) is 1. The summed E-state index contributed by atoms with van der Waals surface area (Å²) in [5, 5.41) is 12.1. The van der Waals surface area contributed by atoms with E-state index in [9.17, 15) is 9.59 Å². The molecule has 0 amide bonds. The molecular weight excluding hydrogens is 260 g/mol. The van der Waals surface area contributed by atoms with Crippen molar-refractivity contribution >= 4 is 17.8 Å². The largest absolute Gasteiger partial charge is 0.481 e. The minimum atomic E-state index is -0.736. The third-order valence-electron chi connectivity index (χ3n) is 3.41. The van der Waals surface area contributed by atoms with E-state index in [1.54, 1.807) is 19.1 Å². The van der Waals surface area contributed by atoms with Crippen molar-refractivity contribution in [2.75, 3.05) is 11.9 Å². The van der Waals surface area contributed by atoms with Crippen LogP contribution in [-0.2, 0) is 9.53 Å². The van der Waals surface area contributed by atoms with Gasteiger partial charge in [0.15, 0.2) is 0 Å². The zero-order chi connectivity index (χ0) is 14.5. The van der Waals surface area contributed by atoms with Crippen LogP contribution >= 0.6 is 0 Å². The number of carboxylic acids is 1. The molecule has 1 aromatic rings. The fourth-order valence-corrected chi connectivity index (χ4v) is 2.36. The lowest BCUT2D eigenvalue weighted by Crippen LogP contribution is -2.18. The van der Waals surface area contributed by atoms with Gasteiger partial charge in [-0.3, -0.25) is 4.79 Å². The van der Waals surface area contributed by atoms with Gasteiger partial charge < -0.3 is 15.2 Å². The predicted molar refractivity (Wildman–Crippen MR) is 72.6 cm³/mol. The van der Waals surface area contributed by atoms with Gasteiger partial charge >= 0.3 is 11.9 Å². The van der Waals surface area contributed by atoms with Crippen molar-refractivity contribution in [1.29, 1.82) is 0 Å². The lowest BCUT2D eigenvalue weighted by molar-refractivity contribution is -0.141. The number of ether oxygens (including phenoxy) is 1. The first-order chi connectivity index (χ1) is 9.60. The molecule has 1 saturated carbocycles. The van der Waals surface area contributed by atoms with Crippen LogP contribution in [0.25, 0.3) is 0 Å². The quantitative estimate of drug-likeness (QED) is 0.800. The van der Waals surface area contributed by atoms with E-state index < -0.39 is 11.9 Å². The number of anilines is 1. The zero-order valence-corrected chi connectivity index (χ0v) is 11.3. The Bertz CT molecular complexity index is 486. The highest BCUT2D eigenvalue weighted by atomic mass is 16.5. The molecule has 0 bridgehead atoms. The number of nitrogens with one attached hydrogen (secondary N) is 1. The zero-order valence-electron chi connectivity index (χ0n) is 11.3. The van der Waals surface area contributed by atoms with Crippen LogP contribution in [-0.4, -0.2) is 34.7 Å². The summed E-state index contributed by atoms with van der Waals surface area (Å²) >= 11 is 0. The van der Waals surface area contributed by atoms with Crippen molar-refractivity contribution < 1.29 is 19.4 Å². The summed E-state index contributed by atoms with van der Waals surface area (Å²) < 4.78 is 4.88. The molecule has 0 radical (unpaired) electrons. The highest BCUT2D eigenvalue weighted by Crippen LogP contribution is 2.27. The van der Waals surface area contributed by atoms with Crippen molar-refractivity contribution in [3.8, 4) is 0 Å². The molecular formula is C14H18N2O4. The van der Waals surface area contributed by atoms with Gasteiger partial charge in [0.25, 0.3) is 0 Å². The number of aliphatic carboxylic acids is 1. The lowest BCUT2D eigenvalue weighted by atomic mass is 10.1. The molecule has 1 heterocycles. The molecule has 2 atom stereocenters. The number of hydrogen-bond acceptors (Lipinski definition) is 5. The maximum absolute atomic E-state index is 11.5. The van der Waals surface area contributed by atoms with E-state index >= 15 is 0 Å². The van der Waals surface area contributed by atoms with Crippen LogP contribution in [0.3, 0.4) is 0 Å². The Morgan fingerprint density at radius 3 is 2.80 bits per heavy atom. The fourth-order valence-electron chi connectivity index (χ4n) is 2.36. The minimum Gasteiger partial charge on any atom is -0.481 e. The highest BCUT2D eigenvalue weighted by molar-refractivity contribution is 5.89. The van der Waals surface area contributed by atoms with Crippen LogP contribution in [0.4, 0.5) is 5.82 Å². The first-order valence-corrected chi connectivity index (χ1v) is 6.72. The number of hydrogen-bond donors (Lipinski definition) is 2. The Morgan fingerprint density at radius 2 is 2.25 bits per heavy atom. The molecule has 6 heteroatoms. The summed E-state index contributed by atoms with van der Waals surface area (Å²) in [6, 6.07) is 3.48. The van der Waals surface area contributed by atoms with Gasteiger partial charge in [-0.1, -0.05) is 0 Å². The van der Waals surface area contributed by atoms with E-state index in [1.807, 2.05) is 0 Å². The molecule has 0 aromatic carbocycles. The summed E-state index contributed by atoms with van der Waals surface area (Å²) in [5.74, 6) is -0.751. The Morgan fingerprint density at radius 1 is 1.45 bits per heavy atom. The molecule has 0 saturated heterocycles. The van der Waals surface area contributed by atoms with Crippen molar-refractivity contribution in [2.45, 2.75) is 32.2 Å². The molecule has 2 rings (SSSR count). The van der Waals surface area contributed by atoms with Gasteiger partial charge in [0.05, 0.1) is 18.1 Å². The number of nitrogens with zero attached hydrogens (tertiary/aromatic N) is 1. The number of pyridine rings is 1. The molecule has 1 aliphatic rings. The number of rotatable bonds is 5. The van der Waals surface area contributed by atoms with Gasteiger partial charge in [0.2, 0.25) is 0 Å². The minimum absolute atomic E-state index is 0.122. The van der Waals surface area contributed by atoms with Crippen molar-refractivity contribution in [3.05, 3.63) is 23.9 Å². The van der Waals surface area contributed by atoms with E-state index in [4.69, 9.17) is 9.84 Å². The maximum Gasteiger partial charge on any atom is 0.339 e. The molecule has 1 fully saturated rings. The lowest BCUT2D eigenvalue weighted by Gasteiger charge is -2.13. The predicted octanol–water partition coefficient (Wildman–Crippen LogP) is 1.92. The molecule has 6 nitrogen and oxygen atoms in total. The second-order valence-electron chi connectivity index (χ2n) is 4.84. The third kappa shape index (κ3) is 3.46. The molecule has 2 N–H and O–H groups in total. The van der Waals surface area contributed by atoms with Crippen LogP contribution in [0.15, 0.2) is 18.3 Å². The molecule has 0 spiro atoms. The highest BCUT2D eigenvalue weighted by Gasteiger charge is 2.29. The maximum atomic E-state index is 11.5. The summed E-state index contributed by atoms with van der Waals surface area (Å²) in [6.45, 7) is 2.08. The summed E-state index contributed by atoms with van der Waals surface area (Å²) in [6.07, 6.45) is 3.58. The molecule has 20 heavy (non-hydrogen) atoms. The van der Waals surface area contributed by atoms with Gasteiger partial charge in [0.1, 0.15) is 5.82 Å².